The third-order valence-electron chi connectivity index (χ3n) is 3.45. The van der Waals surface area contributed by atoms with Crippen LogP contribution in [0.1, 0.15) is 44.9 Å². The molecule has 1 rings (SSSR count). The molecule has 19 heavy (non-hydrogen) atoms. The molecule has 0 bridgehead atoms. The van der Waals surface area contributed by atoms with Crippen LogP contribution in [-0.4, -0.2) is 36.1 Å². The lowest BCUT2D eigenvalue weighted by Crippen LogP contribution is -2.41. The molecular formula is C13H21NO5. The Bertz CT molecular complexity index is 336. The van der Waals surface area contributed by atoms with Crippen LogP contribution in [0.3, 0.4) is 0 Å². The number of nitrogens with one attached hydrogen (secondary N) is 1. The van der Waals surface area contributed by atoms with Crippen LogP contribution in [0.15, 0.2) is 0 Å². The predicted octanol–water partition coefficient (Wildman–Crippen LogP) is 1.09. The van der Waals surface area contributed by atoms with Gasteiger partial charge in [-0.05, 0) is 25.2 Å². The van der Waals surface area contributed by atoms with E-state index in [4.69, 9.17) is 5.11 Å². The van der Waals surface area contributed by atoms with Gasteiger partial charge in [-0.3, -0.25) is 9.59 Å². The Morgan fingerprint density at radius 2 is 1.95 bits per heavy atom. The fourth-order valence-corrected chi connectivity index (χ4v) is 2.35. The summed E-state index contributed by atoms with van der Waals surface area (Å²) in [5, 5.41) is 11.5. The number of carboxylic acids is 1. The van der Waals surface area contributed by atoms with Crippen LogP contribution >= 0.6 is 0 Å². The van der Waals surface area contributed by atoms with Crippen molar-refractivity contribution in [1.82, 2.24) is 5.32 Å². The zero-order chi connectivity index (χ0) is 14.3. The molecular weight excluding hydrogens is 250 g/mol. The minimum Gasteiger partial charge on any atom is -0.480 e. The summed E-state index contributed by atoms with van der Waals surface area (Å²) in [5.74, 6) is -1.47. The number of carboxylic acid groups (broad SMARTS) is 1. The van der Waals surface area contributed by atoms with E-state index < -0.39 is 18.0 Å². The first kappa shape index (κ1) is 15.5. The molecule has 6 heteroatoms. The molecule has 0 aromatic carbocycles. The van der Waals surface area contributed by atoms with Crippen molar-refractivity contribution < 1.29 is 24.2 Å². The molecule has 0 spiro atoms. The molecule has 1 amide bonds. The second-order valence-corrected chi connectivity index (χ2v) is 4.93. The van der Waals surface area contributed by atoms with E-state index in [1.807, 2.05) is 0 Å². The molecule has 6 nitrogen and oxygen atoms in total. The smallest absolute Gasteiger partial charge is 0.326 e. The minimum absolute atomic E-state index is 0.0167. The Balaban J connectivity index is 2.36. The topological polar surface area (TPSA) is 92.7 Å². The van der Waals surface area contributed by atoms with Gasteiger partial charge in [0, 0.05) is 12.8 Å². The van der Waals surface area contributed by atoms with Gasteiger partial charge in [-0.25, -0.2) is 4.79 Å². The molecule has 1 aliphatic carbocycles. The summed E-state index contributed by atoms with van der Waals surface area (Å²) in [5.41, 5.74) is 0. The van der Waals surface area contributed by atoms with Gasteiger partial charge in [0.15, 0.2) is 0 Å². The minimum atomic E-state index is -1.12. The lowest BCUT2D eigenvalue weighted by atomic mass is 10.0. The first-order valence-corrected chi connectivity index (χ1v) is 6.62. The lowest BCUT2D eigenvalue weighted by Gasteiger charge is -2.15. The molecule has 0 unspecified atom stereocenters. The van der Waals surface area contributed by atoms with Crippen LogP contribution in [0.4, 0.5) is 0 Å². The van der Waals surface area contributed by atoms with Crippen molar-refractivity contribution in [1.29, 1.82) is 0 Å². The van der Waals surface area contributed by atoms with Crippen LogP contribution in [0.25, 0.3) is 0 Å². The maximum atomic E-state index is 11.7. The molecule has 1 saturated carbocycles. The standard InChI is InChI=1S/C13H21NO5/c1-19-12(16)7-6-10(13(17)18)14-11(15)8-9-4-2-3-5-9/h9-10H,2-8H2,1H3,(H,14,15)(H,17,18)/t10-/m0/s1. The lowest BCUT2D eigenvalue weighted by molar-refractivity contribution is -0.144. The zero-order valence-electron chi connectivity index (χ0n) is 11.2. The second-order valence-electron chi connectivity index (χ2n) is 4.93. The van der Waals surface area contributed by atoms with Gasteiger partial charge >= 0.3 is 11.9 Å². The van der Waals surface area contributed by atoms with Gasteiger partial charge in [0.2, 0.25) is 5.91 Å². The molecule has 0 aromatic heterocycles. The van der Waals surface area contributed by atoms with E-state index >= 15 is 0 Å². The Morgan fingerprint density at radius 3 is 2.47 bits per heavy atom. The number of amides is 1. The predicted molar refractivity (Wildman–Crippen MR) is 67.4 cm³/mol. The average molecular weight is 271 g/mol. The van der Waals surface area contributed by atoms with Gasteiger partial charge in [0.05, 0.1) is 7.11 Å². The monoisotopic (exact) mass is 271 g/mol. The fourth-order valence-electron chi connectivity index (χ4n) is 2.35. The number of carbonyl (C=O) groups is 3. The van der Waals surface area contributed by atoms with Crippen molar-refractivity contribution in [3.63, 3.8) is 0 Å². The number of aliphatic carboxylic acids is 1. The van der Waals surface area contributed by atoms with Gasteiger partial charge in [-0.2, -0.15) is 0 Å². The highest BCUT2D eigenvalue weighted by Gasteiger charge is 2.24. The Kier molecular flexibility index (Phi) is 6.32. The average Bonchev–Trinajstić information content (AvgIpc) is 2.86. The molecule has 0 heterocycles. The maximum absolute atomic E-state index is 11.7. The molecule has 0 radical (unpaired) electrons. The third kappa shape index (κ3) is 5.72. The fraction of sp³-hybridized carbons (Fsp3) is 0.769. The summed E-state index contributed by atoms with van der Waals surface area (Å²) in [4.78, 5) is 33.7. The number of hydrogen-bond acceptors (Lipinski definition) is 4. The van der Waals surface area contributed by atoms with Gasteiger partial charge in [-0.1, -0.05) is 12.8 Å². The van der Waals surface area contributed by atoms with Gasteiger partial charge in [0.1, 0.15) is 6.04 Å². The van der Waals surface area contributed by atoms with Crippen molar-refractivity contribution in [2.24, 2.45) is 5.92 Å². The normalized spacial score (nSPS) is 16.9. The Morgan fingerprint density at radius 1 is 1.32 bits per heavy atom. The van der Waals surface area contributed by atoms with Crippen LogP contribution in [-0.2, 0) is 19.1 Å². The van der Waals surface area contributed by atoms with Crippen LogP contribution in [0, 0.1) is 5.92 Å². The molecule has 108 valence electrons. The number of rotatable bonds is 7. The van der Waals surface area contributed by atoms with E-state index in [2.05, 4.69) is 10.1 Å². The number of ether oxygens (including phenoxy) is 1. The van der Waals surface area contributed by atoms with Crippen molar-refractivity contribution in [2.45, 2.75) is 51.0 Å². The summed E-state index contributed by atoms with van der Waals surface area (Å²) in [6, 6.07) is -1.02. The molecule has 1 aliphatic rings. The van der Waals surface area contributed by atoms with E-state index in [0.29, 0.717) is 12.3 Å². The maximum Gasteiger partial charge on any atom is 0.326 e. The van der Waals surface area contributed by atoms with E-state index in [0.717, 1.165) is 25.7 Å². The van der Waals surface area contributed by atoms with Crippen molar-refractivity contribution in [2.75, 3.05) is 7.11 Å². The molecule has 0 aromatic rings. The SMILES string of the molecule is COC(=O)CC[C@H](NC(=O)CC1CCCC1)C(=O)O. The van der Waals surface area contributed by atoms with Crippen LogP contribution in [0.5, 0.6) is 0 Å². The number of hydrogen-bond donors (Lipinski definition) is 2. The first-order chi connectivity index (χ1) is 9.02. The summed E-state index contributed by atoms with van der Waals surface area (Å²) in [6.07, 6.45) is 4.77. The molecule has 2 N–H and O–H groups in total. The Hall–Kier alpha value is -1.59. The van der Waals surface area contributed by atoms with Crippen LogP contribution < -0.4 is 5.32 Å². The summed E-state index contributed by atoms with van der Waals surface area (Å²) >= 11 is 0. The highest BCUT2D eigenvalue weighted by Crippen LogP contribution is 2.27. The zero-order valence-corrected chi connectivity index (χ0v) is 11.2. The molecule has 1 fully saturated rings. The quantitative estimate of drug-likeness (QED) is 0.676. The van der Waals surface area contributed by atoms with Gasteiger partial charge < -0.3 is 15.2 Å². The Labute approximate surface area is 112 Å². The highest BCUT2D eigenvalue weighted by molar-refractivity contribution is 5.84. The highest BCUT2D eigenvalue weighted by atomic mass is 16.5. The molecule has 0 saturated heterocycles. The van der Waals surface area contributed by atoms with Gasteiger partial charge in [-0.15, -0.1) is 0 Å². The van der Waals surface area contributed by atoms with E-state index in [1.165, 1.54) is 7.11 Å². The second kappa shape index (κ2) is 7.76. The van der Waals surface area contributed by atoms with E-state index in [-0.39, 0.29) is 18.7 Å². The molecule has 0 aliphatic heterocycles. The summed E-state index contributed by atoms with van der Waals surface area (Å²) < 4.78 is 4.45. The number of methoxy groups -OCH3 is 1. The molecule has 1 atom stereocenters. The number of esters is 1. The van der Waals surface area contributed by atoms with E-state index in [1.54, 1.807) is 0 Å². The summed E-state index contributed by atoms with van der Waals surface area (Å²) in [7, 11) is 1.25. The third-order valence-corrected chi connectivity index (χ3v) is 3.45. The first-order valence-electron chi connectivity index (χ1n) is 6.62. The van der Waals surface area contributed by atoms with E-state index in [9.17, 15) is 14.4 Å². The summed E-state index contributed by atoms with van der Waals surface area (Å²) in [6.45, 7) is 0. The van der Waals surface area contributed by atoms with Crippen molar-refractivity contribution in [3.8, 4) is 0 Å². The number of carbonyl (C=O) groups excluding carboxylic acids is 2. The van der Waals surface area contributed by atoms with Gasteiger partial charge in [0.25, 0.3) is 0 Å². The van der Waals surface area contributed by atoms with Crippen molar-refractivity contribution in [3.05, 3.63) is 0 Å². The van der Waals surface area contributed by atoms with Crippen LogP contribution in [0.2, 0.25) is 0 Å². The van der Waals surface area contributed by atoms with Crippen molar-refractivity contribution >= 4 is 17.8 Å². The largest absolute Gasteiger partial charge is 0.480 e.